The van der Waals surface area contributed by atoms with Crippen molar-refractivity contribution in [2.24, 2.45) is 0 Å². The van der Waals surface area contributed by atoms with E-state index in [1.54, 1.807) is 32.5 Å². The third-order valence-corrected chi connectivity index (χ3v) is 9.11. The number of hydrogen-bond donors (Lipinski definition) is 1. The quantitative estimate of drug-likeness (QED) is 0.228. The van der Waals surface area contributed by atoms with Crippen LogP contribution < -0.4 is 10.1 Å². The fourth-order valence-electron chi connectivity index (χ4n) is 6.56. The molecule has 0 aliphatic carbocycles. The number of carbonyl (C=O) groups excluding carboxylic acids is 3. The minimum atomic E-state index is -1.08. The van der Waals surface area contributed by atoms with Crippen LogP contribution in [0.3, 0.4) is 0 Å². The molecule has 0 bridgehead atoms. The Hall–Kier alpha value is -5.11. The first-order valence-corrected chi connectivity index (χ1v) is 15.2. The van der Waals surface area contributed by atoms with Crippen molar-refractivity contribution >= 4 is 35.4 Å². The first-order chi connectivity index (χ1) is 22.5. The molecule has 2 aliphatic rings. The van der Waals surface area contributed by atoms with Gasteiger partial charge in [-0.15, -0.1) is 0 Å². The van der Waals surface area contributed by atoms with Gasteiger partial charge in [0.2, 0.25) is 5.82 Å². The Kier molecular flexibility index (Phi) is 8.53. The highest BCUT2D eigenvalue weighted by molar-refractivity contribution is 5.96. The number of amides is 2. The molecule has 0 unspecified atom stereocenters. The van der Waals surface area contributed by atoms with Crippen molar-refractivity contribution in [1.29, 1.82) is 0 Å². The number of aromatic nitrogens is 3. The predicted molar refractivity (Wildman–Crippen MR) is 168 cm³/mol. The maximum Gasteiger partial charge on any atom is 0.293 e. The average molecular weight is 649 g/mol. The summed E-state index contributed by atoms with van der Waals surface area (Å²) in [5.74, 6) is -2.04. The average Bonchev–Trinajstić information content (AvgIpc) is 3.62. The molecule has 2 aromatic carbocycles. The minimum absolute atomic E-state index is 0.0141. The Morgan fingerprint density at radius 3 is 2.49 bits per heavy atom. The molecule has 4 aromatic rings. The molecule has 2 amide bonds. The molecule has 2 aliphatic heterocycles. The highest BCUT2D eigenvalue weighted by atomic mass is 19.2. The Morgan fingerprint density at radius 1 is 1.04 bits per heavy atom. The van der Waals surface area contributed by atoms with Gasteiger partial charge >= 0.3 is 0 Å². The number of imidazole rings is 1. The number of carbonyl (C=O) groups is 3. The third-order valence-electron chi connectivity index (χ3n) is 9.11. The number of benzene rings is 2. The second-order valence-electron chi connectivity index (χ2n) is 12.4. The van der Waals surface area contributed by atoms with Gasteiger partial charge in [0, 0.05) is 55.4 Å². The second kappa shape index (κ2) is 12.6. The number of likely N-dealkylation sites (N-methyl/N-ethyl adjacent to an activating group) is 1. The van der Waals surface area contributed by atoms with E-state index in [1.165, 1.54) is 31.6 Å². The molecule has 246 valence electrons. The van der Waals surface area contributed by atoms with Gasteiger partial charge in [-0.3, -0.25) is 18.8 Å². The molecule has 4 heterocycles. The topological polar surface area (TPSA) is 118 Å². The van der Waals surface area contributed by atoms with E-state index < -0.39 is 11.6 Å². The highest BCUT2D eigenvalue weighted by Gasteiger charge is 2.48. The number of nitrogens with zero attached hydrogens (tertiary/aromatic N) is 6. The van der Waals surface area contributed by atoms with E-state index in [0.717, 1.165) is 5.56 Å². The normalized spacial score (nSPS) is 19.1. The van der Waals surface area contributed by atoms with Gasteiger partial charge in [0.05, 0.1) is 39.5 Å². The number of hydrogen-bond acceptors (Lipinski definition) is 8. The van der Waals surface area contributed by atoms with E-state index in [2.05, 4.69) is 15.3 Å². The van der Waals surface area contributed by atoms with Gasteiger partial charge in [0.1, 0.15) is 6.54 Å². The van der Waals surface area contributed by atoms with Crippen LogP contribution in [0.2, 0.25) is 0 Å². The van der Waals surface area contributed by atoms with Crippen LogP contribution in [0.1, 0.15) is 22.3 Å². The molecule has 47 heavy (non-hydrogen) atoms. The maximum atomic E-state index is 14.9. The lowest BCUT2D eigenvalue weighted by Crippen LogP contribution is -2.58. The summed E-state index contributed by atoms with van der Waals surface area (Å²) in [6.45, 7) is 4.53. The van der Waals surface area contributed by atoms with Gasteiger partial charge in [0.25, 0.3) is 18.3 Å². The van der Waals surface area contributed by atoms with E-state index >= 15 is 0 Å². The molecule has 6 rings (SSSR count). The standard InChI is InChI=1S/C33H35F2N7O5/c1-20-15-21(38-30-31-37-17-25(41(31)10-9-36-30)24-7-8-27(46-4)29(35)28(24)34)5-6-23(20)32(44)39-11-13-40(14-12-39)33(45)26-16-22(47-19-43)18-42(26,2)3/h5-10,15,17,19,22,26H,11-14,16,18H2,1-4H3/p+1/t22-,26+/m1/s1. The van der Waals surface area contributed by atoms with Gasteiger partial charge in [0.15, 0.2) is 35.2 Å². The molecule has 2 atom stereocenters. The Morgan fingerprint density at radius 2 is 1.79 bits per heavy atom. The summed E-state index contributed by atoms with van der Waals surface area (Å²) in [5.41, 5.74) is 2.72. The molecule has 2 fully saturated rings. The molecule has 14 heteroatoms. The van der Waals surface area contributed by atoms with Gasteiger partial charge in [-0.25, -0.2) is 14.4 Å². The van der Waals surface area contributed by atoms with Crippen molar-refractivity contribution in [1.82, 2.24) is 24.2 Å². The first kappa shape index (κ1) is 31.9. The minimum Gasteiger partial charge on any atom is -0.494 e. The van der Waals surface area contributed by atoms with Crippen LogP contribution >= 0.6 is 0 Å². The summed E-state index contributed by atoms with van der Waals surface area (Å²) in [6, 6.07) is 7.84. The number of methoxy groups -OCH3 is 1. The van der Waals surface area contributed by atoms with Crippen molar-refractivity contribution in [3.63, 3.8) is 0 Å². The molecule has 0 saturated carbocycles. The van der Waals surface area contributed by atoms with Crippen LogP contribution in [0.4, 0.5) is 20.3 Å². The van der Waals surface area contributed by atoms with Crippen LogP contribution in [0, 0.1) is 18.6 Å². The molecule has 2 aromatic heterocycles. The van der Waals surface area contributed by atoms with Crippen molar-refractivity contribution in [3.8, 4) is 17.0 Å². The molecule has 0 spiro atoms. The molecule has 1 N–H and O–H groups in total. The molecular weight excluding hydrogens is 612 g/mol. The van der Waals surface area contributed by atoms with Crippen molar-refractivity contribution in [2.45, 2.75) is 25.5 Å². The summed E-state index contributed by atoms with van der Waals surface area (Å²) >= 11 is 0. The molecule has 12 nitrogen and oxygen atoms in total. The lowest BCUT2D eigenvalue weighted by atomic mass is 10.1. The Labute approximate surface area is 270 Å². The lowest BCUT2D eigenvalue weighted by molar-refractivity contribution is -0.894. The number of quaternary nitrogens is 1. The second-order valence-corrected chi connectivity index (χ2v) is 12.4. The maximum absolute atomic E-state index is 14.9. The number of nitrogens with one attached hydrogen (secondary N) is 1. The summed E-state index contributed by atoms with van der Waals surface area (Å²) in [6.07, 6.45) is 4.78. The summed E-state index contributed by atoms with van der Waals surface area (Å²) < 4.78 is 41.4. The highest BCUT2D eigenvalue weighted by Crippen LogP contribution is 2.32. The lowest BCUT2D eigenvalue weighted by Gasteiger charge is -2.38. The monoisotopic (exact) mass is 648 g/mol. The van der Waals surface area contributed by atoms with Crippen LogP contribution in [0.5, 0.6) is 5.75 Å². The smallest absolute Gasteiger partial charge is 0.293 e. The van der Waals surface area contributed by atoms with Gasteiger partial charge < -0.3 is 29.1 Å². The van der Waals surface area contributed by atoms with Crippen molar-refractivity contribution in [3.05, 3.63) is 71.7 Å². The zero-order chi connectivity index (χ0) is 33.5. The zero-order valence-corrected chi connectivity index (χ0v) is 26.6. The number of likely N-dealkylation sites (tertiary alicyclic amines) is 1. The number of rotatable bonds is 8. The number of anilines is 2. The largest absolute Gasteiger partial charge is 0.494 e. The van der Waals surface area contributed by atoms with Crippen LogP contribution in [-0.4, -0.2) is 113 Å². The number of ether oxygens (including phenoxy) is 2. The zero-order valence-electron chi connectivity index (χ0n) is 26.6. The van der Waals surface area contributed by atoms with Gasteiger partial charge in [-0.2, -0.15) is 4.39 Å². The molecular formula is C33H36F2N7O5+. The molecule has 0 radical (unpaired) electrons. The SMILES string of the molecule is COc1ccc(-c2cnc3c(Nc4ccc(C(=O)N5CCN(C(=O)[C@@H]6C[C@@H](OC=O)C[N+]6(C)C)CC5)c(C)c4)nccn23)c(F)c1F. The van der Waals surface area contributed by atoms with E-state index in [4.69, 9.17) is 9.47 Å². The number of halogens is 2. The summed E-state index contributed by atoms with van der Waals surface area (Å²) in [7, 11) is 5.20. The van der Waals surface area contributed by atoms with E-state index in [1.807, 2.05) is 27.1 Å². The van der Waals surface area contributed by atoms with Gasteiger partial charge in [-0.05, 0) is 42.8 Å². The number of aryl methyl sites for hydroxylation is 1. The van der Waals surface area contributed by atoms with Crippen LogP contribution in [0.25, 0.3) is 16.9 Å². The fraction of sp³-hybridized carbons (Fsp3) is 0.364. The number of piperazine rings is 1. The van der Waals surface area contributed by atoms with E-state index in [0.29, 0.717) is 78.5 Å². The van der Waals surface area contributed by atoms with E-state index in [-0.39, 0.29) is 35.3 Å². The van der Waals surface area contributed by atoms with Crippen molar-refractivity contribution in [2.75, 3.05) is 59.2 Å². The summed E-state index contributed by atoms with van der Waals surface area (Å²) in [4.78, 5) is 50.0. The Balaban J connectivity index is 1.12. The molecule has 2 saturated heterocycles. The third kappa shape index (κ3) is 5.96. The van der Waals surface area contributed by atoms with E-state index in [9.17, 15) is 23.2 Å². The Bertz CT molecular complexity index is 1850. The van der Waals surface area contributed by atoms with Crippen molar-refractivity contribution < 1.29 is 37.1 Å². The predicted octanol–water partition coefficient (Wildman–Crippen LogP) is 3.41. The van der Waals surface area contributed by atoms with Crippen LogP contribution in [0.15, 0.2) is 48.9 Å². The van der Waals surface area contributed by atoms with Crippen LogP contribution in [-0.2, 0) is 14.3 Å². The first-order valence-electron chi connectivity index (χ1n) is 15.2. The fourth-order valence-corrected chi connectivity index (χ4v) is 6.56. The van der Waals surface area contributed by atoms with Gasteiger partial charge in [-0.1, -0.05) is 0 Å². The number of fused-ring (bicyclic) bond motifs is 1. The summed E-state index contributed by atoms with van der Waals surface area (Å²) in [5, 5.41) is 3.22.